The van der Waals surface area contributed by atoms with Gasteiger partial charge in [-0.05, 0) is 96.3 Å². The van der Waals surface area contributed by atoms with Crippen molar-refractivity contribution in [2.75, 3.05) is 47.5 Å². The molecular formula is C72H129NO8P+. The number of esters is 2. The van der Waals surface area contributed by atoms with E-state index in [-0.39, 0.29) is 32.0 Å². The Morgan fingerprint density at radius 3 is 1.05 bits per heavy atom. The molecule has 2 atom stereocenters. The Balaban J connectivity index is 4.10. The fraction of sp³-hybridized carbons (Fsp3) is 0.750. The average Bonchev–Trinajstić information content (AvgIpc) is 3.46. The van der Waals surface area contributed by atoms with Crippen LogP contribution in [0.3, 0.4) is 0 Å². The molecule has 0 aliphatic heterocycles. The van der Waals surface area contributed by atoms with Crippen molar-refractivity contribution in [3.63, 3.8) is 0 Å². The summed E-state index contributed by atoms with van der Waals surface area (Å²) < 4.78 is 34.7. The fourth-order valence-corrected chi connectivity index (χ4v) is 10.1. The second kappa shape index (κ2) is 62.5. The average molecular weight is 1170 g/mol. The summed E-state index contributed by atoms with van der Waals surface area (Å²) in [6.07, 6.45) is 86.4. The zero-order valence-electron chi connectivity index (χ0n) is 54.0. The zero-order chi connectivity index (χ0) is 59.8. The van der Waals surface area contributed by atoms with E-state index in [1.165, 1.54) is 173 Å². The van der Waals surface area contributed by atoms with Crippen molar-refractivity contribution >= 4 is 19.8 Å². The Bertz CT molecular complexity index is 1710. The summed E-state index contributed by atoms with van der Waals surface area (Å²) in [6.45, 7) is 4.34. The van der Waals surface area contributed by atoms with Gasteiger partial charge in [-0.1, -0.05) is 284 Å². The second-order valence-corrected chi connectivity index (χ2v) is 25.3. The molecule has 0 aliphatic carbocycles. The van der Waals surface area contributed by atoms with Crippen LogP contribution in [0.15, 0.2) is 97.2 Å². The van der Waals surface area contributed by atoms with Crippen molar-refractivity contribution in [3.05, 3.63) is 97.2 Å². The topological polar surface area (TPSA) is 108 Å². The van der Waals surface area contributed by atoms with E-state index in [1.54, 1.807) is 0 Å². The Morgan fingerprint density at radius 2 is 0.695 bits per heavy atom. The third-order valence-corrected chi connectivity index (χ3v) is 15.6. The van der Waals surface area contributed by atoms with Gasteiger partial charge >= 0.3 is 19.8 Å². The zero-order valence-corrected chi connectivity index (χ0v) is 54.8. The molecule has 10 heteroatoms. The van der Waals surface area contributed by atoms with E-state index < -0.39 is 26.5 Å². The molecule has 2 unspecified atom stereocenters. The number of hydrogen-bond acceptors (Lipinski definition) is 7. The number of likely N-dealkylation sites (N-methyl/N-ethyl adjacent to an activating group) is 1. The van der Waals surface area contributed by atoms with E-state index in [2.05, 4.69) is 111 Å². The van der Waals surface area contributed by atoms with E-state index in [4.69, 9.17) is 18.5 Å². The van der Waals surface area contributed by atoms with Gasteiger partial charge < -0.3 is 18.9 Å². The van der Waals surface area contributed by atoms with Crippen LogP contribution in [-0.4, -0.2) is 74.9 Å². The Hall–Kier alpha value is -3.07. The third kappa shape index (κ3) is 66.1. The smallest absolute Gasteiger partial charge is 0.462 e. The van der Waals surface area contributed by atoms with Crippen LogP contribution >= 0.6 is 7.82 Å². The number of phosphoric ester groups is 1. The lowest BCUT2D eigenvalue weighted by Gasteiger charge is -2.24. The van der Waals surface area contributed by atoms with Gasteiger partial charge in [-0.15, -0.1) is 0 Å². The van der Waals surface area contributed by atoms with Crippen molar-refractivity contribution < 1.29 is 42.1 Å². The maximum atomic E-state index is 12.9. The van der Waals surface area contributed by atoms with E-state index in [1.807, 2.05) is 21.1 Å². The number of quaternary nitrogens is 1. The van der Waals surface area contributed by atoms with Gasteiger partial charge in [0, 0.05) is 12.8 Å². The number of allylic oxidation sites excluding steroid dienone is 16. The number of unbranched alkanes of at least 4 members (excludes halogenated alkanes) is 32. The van der Waals surface area contributed by atoms with Gasteiger partial charge in [-0.25, -0.2) is 4.57 Å². The molecule has 0 saturated carbocycles. The molecule has 0 aromatic rings. The fourth-order valence-electron chi connectivity index (χ4n) is 9.40. The number of hydrogen-bond donors (Lipinski definition) is 1. The van der Waals surface area contributed by atoms with E-state index in [0.29, 0.717) is 17.4 Å². The minimum absolute atomic E-state index is 0.0273. The first-order chi connectivity index (χ1) is 40.0. The molecule has 1 N–H and O–H groups in total. The largest absolute Gasteiger partial charge is 0.472 e. The molecule has 0 aromatic carbocycles. The molecule has 0 saturated heterocycles. The Labute approximate surface area is 506 Å². The maximum absolute atomic E-state index is 12.9. The number of rotatable bonds is 62. The summed E-state index contributed by atoms with van der Waals surface area (Å²) in [4.78, 5) is 35.9. The molecule has 0 fully saturated rings. The summed E-state index contributed by atoms with van der Waals surface area (Å²) in [7, 11) is 1.47. The predicted octanol–water partition coefficient (Wildman–Crippen LogP) is 21.9. The van der Waals surface area contributed by atoms with Gasteiger partial charge in [0.25, 0.3) is 0 Å². The number of carbonyl (C=O) groups is 2. The van der Waals surface area contributed by atoms with Crippen LogP contribution in [0.5, 0.6) is 0 Å². The minimum Gasteiger partial charge on any atom is -0.462 e. The second-order valence-electron chi connectivity index (χ2n) is 23.8. The van der Waals surface area contributed by atoms with Crippen LogP contribution in [-0.2, 0) is 32.7 Å². The maximum Gasteiger partial charge on any atom is 0.472 e. The summed E-state index contributed by atoms with van der Waals surface area (Å²) >= 11 is 0. The molecular weight excluding hydrogens is 1040 g/mol. The van der Waals surface area contributed by atoms with Gasteiger partial charge in [0.05, 0.1) is 27.7 Å². The first-order valence-electron chi connectivity index (χ1n) is 34.0. The monoisotopic (exact) mass is 1170 g/mol. The standard InChI is InChI=1S/C72H128NO8P/c1-6-8-10-12-14-16-18-20-22-24-26-28-30-32-34-35-36-37-39-41-43-45-47-49-51-53-55-57-59-61-63-65-72(75)81-70(69-80-82(76,77)79-67-66-73(3,4)5)68-78-71(74)64-62-60-58-56-54-52-50-48-46-44-42-40-38-33-31-29-27-25-23-21-19-17-15-13-11-9-7-2/h8,10,14,16,20,22,25-28,32,34,36-37,41,43,70H,6-7,9,11-13,15,17-19,21,23-24,29-31,33,35,38-40,42,44-69H2,1-5H3/p+1/b10-8-,16-14-,22-20-,27-25-,28-26-,34-32-,37-36-,43-41-. The first-order valence-corrected chi connectivity index (χ1v) is 35.5. The summed E-state index contributed by atoms with van der Waals surface area (Å²) in [6, 6.07) is 0. The van der Waals surface area contributed by atoms with Crippen LogP contribution in [0.25, 0.3) is 0 Å². The predicted molar refractivity (Wildman–Crippen MR) is 353 cm³/mol. The van der Waals surface area contributed by atoms with Crippen LogP contribution < -0.4 is 0 Å². The number of phosphoric acid groups is 1. The van der Waals surface area contributed by atoms with Crippen LogP contribution in [0.1, 0.15) is 296 Å². The lowest BCUT2D eigenvalue weighted by molar-refractivity contribution is -0.870. The van der Waals surface area contributed by atoms with E-state index in [9.17, 15) is 19.0 Å². The number of carbonyl (C=O) groups excluding carboxylic acids is 2. The van der Waals surface area contributed by atoms with Crippen LogP contribution in [0.4, 0.5) is 0 Å². The van der Waals surface area contributed by atoms with Crippen LogP contribution in [0, 0.1) is 0 Å². The lowest BCUT2D eigenvalue weighted by atomic mass is 10.0. The molecule has 0 heterocycles. The molecule has 9 nitrogen and oxygen atoms in total. The molecule has 474 valence electrons. The highest BCUT2D eigenvalue weighted by Gasteiger charge is 2.27. The normalized spacial score (nSPS) is 13.8. The van der Waals surface area contributed by atoms with Crippen LogP contribution in [0.2, 0.25) is 0 Å². The van der Waals surface area contributed by atoms with Crippen molar-refractivity contribution in [2.45, 2.75) is 302 Å². The van der Waals surface area contributed by atoms with Gasteiger partial charge in [-0.3, -0.25) is 18.6 Å². The van der Waals surface area contributed by atoms with Gasteiger partial charge in [0.1, 0.15) is 19.8 Å². The molecule has 0 aliphatic rings. The van der Waals surface area contributed by atoms with E-state index >= 15 is 0 Å². The van der Waals surface area contributed by atoms with Crippen molar-refractivity contribution in [3.8, 4) is 0 Å². The van der Waals surface area contributed by atoms with Gasteiger partial charge in [-0.2, -0.15) is 0 Å². The third-order valence-electron chi connectivity index (χ3n) is 14.6. The lowest BCUT2D eigenvalue weighted by Crippen LogP contribution is -2.37. The molecule has 0 amide bonds. The molecule has 82 heavy (non-hydrogen) atoms. The molecule has 0 aromatic heterocycles. The van der Waals surface area contributed by atoms with Gasteiger partial charge in [0.2, 0.25) is 0 Å². The van der Waals surface area contributed by atoms with Crippen molar-refractivity contribution in [2.24, 2.45) is 0 Å². The first kappa shape index (κ1) is 78.9. The highest BCUT2D eigenvalue weighted by Crippen LogP contribution is 2.43. The summed E-state index contributed by atoms with van der Waals surface area (Å²) in [5, 5.41) is 0. The highest BCUT2D eigenvalue weighted by molar-refractivity contribution is 7.47. The Kier molecular flexibility index (Phi) is 60.1. The van der Waals surface area contributed by atoms with Crippen molar-refractivity contribution in [1.29, 1.82) is 0 Å². The molecule has 0 spiro atoms. The molecule has 0 rings (SSSR count). The highest BCUT2D eigenvalue weighted by atomic mass is 31.2. The van der Waals surface area contributed by atoms with E-state index in [0.717, 1.165) is 89.9 Å². The summed E-state index contributed by atoms with van der Waals surface area (Å²) in [5.41, 5.74) is 0. The van der Waals surface area contributed by atoms with Gasteiger partial charge in [0.15, 0.2) is 6.10 Å². The Morgan fingerprint density at radius 1 is 0.390 bits per heavy atom. The van der Waals surface area contributed by atoms with Crippen molar-refractivity contribution in [1.82, 2.24) is 0 Å². The minimum atomic E-state index is -4.40. The number of ether oxygens (including phenoxy) is 2. The number of nitrogens with zero attached hydrogens (tertiary/aromatic N) is 1. The quantitative estimate of drug-likeness (QED) is 0.0211. The molecule has 0 radical (unpaired) electrons. The molecule has 0 bridgehead atoms. The SMILES string of the molecule is CC/C=C\C/C=C\C/C=C\C/C=C\C/C=C\C/C=C\C/C=C\CCCCCCCCCCCC(=O)OC(COC(=O)CCCCCCCCCCCCCCCCC/C=C\CCCCCCCCCC)COP(=O)(O)OCC[N+](C)(C)C. The summed E-state index contributed by atoms with van der Waals surface area (Å²) in [5.74, 6) is -0.799.